The summed E-state index contributed by atoms with van der Waals surface area (Å²) in [4.78, 5) is 0. The summed E-state index contributed by atoms with van der Waals surface area (Å²) in [6.45, 7) is 5.93. The molecule has 3 heteroatoms. The number of aliphatic hydroxyl groups is 1. The lowest BCUT2D eigenvalue weighted by Crippen LogP contribution is -2.00. The van der Waals surface area contributed by atoms with E-state index < -0.39 is 6.10 Å². The Morgan fingerprint density at radius 1 is 1.29 bits per heavy atom. The summed E-state index contributed by atoms with van der Waals surface area (Å²) >= 11 is 0. The Labute approximate surface area is 103 Å². The first-order chi connectivity index (χ1) is 8.12. The van der Waals surface area contributed by atoms with E-state index in [4.69, 9.17) is 9.47 Å². The predicted octanol–water partition coefficient (Wildman–Crippen LogP) is 3.09. The van der Waals surface area contributed by atoms with Crippen molar-refractivity contribution in [2.45, 2.75) is 25.9 Å². The van der Waals surface area contributed by atoms with Crippen molar-refractivity contribution in [1.29, 1.82) is 0 Å². The summed E-state index contributed by atoms with van der Waals surface area (Å²) in [5.41, 5.74) is 1.85. The Kier molecular flexibility index (Phi) is 5.04. The van der Waals surface area contributed by atoms with Crippen molar-refractivity contribution in [3.05, 3.63) is 35.9 Å². The van der Waals surface area contributed by atoms with Gasteiger partial charge in [-0.3, -0.25) is 0 Å². The maximum Gasteiger partial charge on any atom is 0.161 e. The summed E-state index contributed by atoms with van der Waals surface area (Å²) in [6, 6.07) is 5.44. The minimum absolute atomic E-state index is 0.540. The average molecular weight is 236 g/mol. The van der Waals surface area contributed by atoms with E-state index in [9.17, 15) is 5.11 Å². The number of ether oxygens (including phenoxy) is 2. The molecule has 0 radical (unpaired) electrons. The van der Waals surface area contributed by atoms with E-state index in [0.717, 1.165) is 17.6 Å². The summed E-state index contributed by atoms with van der Waals surface area (Å²) in [5, 5.41) is 10.0. The molecular weight excluding hydrogens is 216 g/mol. The van der Waals surface area contributed by atoms with Crippen LogP contribution in [0.1, 0.15) is 31.4 Å². The van der Waals surface area contributed by atoms with Crippen molar-refractivity contribution < 1.29 is 14.6 Å². The first-order valence-corrected chi connectivity index (χ1v) is 5.69. The molecule has 0 saturated heterocycles. The van der Waals surface area contributed by atoms with Crippen LogP contribution in [0.15, 0.2) is 30.4 Å². The van der Waals surface area contributed by atoms with Crippen LogP contribution in [0.4, 0.5) is 0 Å². The molecule has 0 heterocycles. The molecule has 0 aliphatic heterocycles. The van der Waals surface area contributed by atoms with Crippen molar-refractivity contribution >= 4 is 0 Å². The van der Waals surface area contributed by atoms with Crippen LogP contribution in [-0.4, -0.2) is 19.3 Å². The lowest BCUT2D eigenvalue weighted by molar-refractivity contribution is 0.177. The van der Waals surface area contributed by atoms with Crippen LogP contribution in [-0.2, 0) is 0 Å². The maximum absolute atomic E-state index is 10.0. The predicted molar refractivity (Wildman–Crippen MR) is 68.6 cm³/mol. The van der Waals surface area contributed by atoms with E-state index in [1.165, 1.54) is 0 Å². The van der Waals surface area contributed by atoms with Crippen LogP contribution in [0, 0.1) is 0 Å². The van der Waals surface area contributed by atoms with Gasteiger partial charge in [0.05, 0.1) is 20.3 Å². The molecule has 1 unspecified atom stereocenters. The molecule has 1 rings (SSSR count). The SMILES string of the molecule is C=C(CC)CC(O)c1ccc(OC)c(OC)c1. The van der Waals surface area contributed by atoms with Gasteiger partial charge in [0, 0.05) is 0 Å². The van der Waals surface area contributed by atoms with E-state index >= 15 is 0 Å². The molecule has 1 N–H and O–H groups in total. The van der Waals surface area contributed by atoms with Gasteiger partial charge in [-0.05, 0) is 30.5 Å². The van der Waals surface area contributed by atoms with Crippen molar-refractivity contribution in [3.63, 3.8) is 0 Å². The number of hydrogen-bond donors (Lipinski definition) is 1. The Balaban J connectivity index is 2.87. The second-order valence-corrected chi connectivity index (χ2v) is 3.94. The van der Waals surface area contributed by atoms with Crippen LogP contribution >= 0.6 is 0 Å². The van der Waals surface area contributed by atoms with Gasteiger partial charge < -0.3 is 14.6 Å². The Morgan fingerprint density at radius 3 is 2.47 bits per heavy atom. The summed E-state index contributed by atoms with van der Waals surface area (Å²) in [6.07, 6.45) is 0.915. The molecule has 0 bridgehead atoms. The molecule has 1 aromatic carbocycles. The summed E-state index contributed by atoms with van der Waals surface area (Å²) < 4.78 is 10.3. The molecular formula is C14H20O3. The monoisotopic (exact) mass is 236 g/mol. The molecule has 0 aliphatic carbocycles. The van der Waals surface area contributed by atoms with Gasteiger partial charge in [0.2, 0.25) is 0 Å². The molecule has 1 aromatic rings. The largest absolute Gasteiger partial charge is 0.493 e. The molecule has 0 fully saturated rings. The average Bonchev–Trinajstić information content (AvgIpc) is 2.37. The van der Waals surface area contributed by atoms with E-state index in [2.05, 4.69) is 6.58 Å². The third-order valence-electron chi connectivity index (χ3n) is 2.77. The normalized spacial score (nSPS) is 12.0. The molecule has 3 nitrogen and oxygen atoms in total. The molecule has 0 aromatic heterocycles. The number of hydrogen-bond acceptors (Lipinski definition) is 3. The van der Waals surface area contributed by atoms with Crippen molar-refractivity contribution in [2.24, 2.45) is 0 Å². The van der Waals surface area contributed by atoms with Crippen LogP contribution in [0.3, 0.4) is 0 Å². The van der Waals surface area contributed by atoms with Gasteiger partial charge in [0.25, 0.3) is 0 Å². The van der Waals surface area contributed by atoms with Crippen LogP contribution in [0.2, 0.25) is 0 Å². The van der Waals surface area contributed by atoms with Gasteiger partial charge >= 0.3 is 0 Å². The van der Waals surface area contributed by atoms with Crippen LogP contribution < -0.4 is 9.47 Å². The quantitative estimate of drug-likeness (QED) is 0.771. The van der Waals surface area contributed by atoms with E-state index in [0.29, 0.717) is 17.9 Å². The molecule has 0 amide bonds. The first kappa shape index (κ1) is 13.6. The molecule has 0 spiro atoms. The number of methoxy groups -OCH3 is 2. The second-order valence-electron chi connectivity index (χ2n) is 3.94. The van der Waals surface area contributed by atoms with Gasteiger partial charge in [-0.15, -0.1) is 0 Å². The van der Waals surface area contributed by atoms with Crippen molar-refractivity contribution in [2.75, 3.05) is 14.2 Å². The Bertz CT molecular complexity index is 385. The highest BCUT2D eigenvalue weighted by molar-refractivity contribution is 5.43. The van der Waals surface area contributed by atoms with Crippen LogP contribution in [0.25, 0.3) is 0 Å². The third kappa shape index (κ3) is 3.49. The zero-order valence-corrected chi connectivity index (χ0v) is 10.7. The number of benzene rings is 1. The van der Waals surface area contributed by atoms with E-state index in [1.54, 1.807) is 26.4 Å². The van der Waals surface area contributed by atoms with Crippen LogP contribution in [0.5, 0.6) is 11.5 Å². The zero-order valence-electron chi connectivity index (χ0n) is 10.7. The van der Waals surface area contributed by atoms with Gasteiger partial charge in [-0.25, -0.2) is 0 Å². The third-order valence-corrected chi connectivity index (χ3v) is 2.77. The number of rotatable bonds is 6. The second kappa shape index (κ2) is 6.30. The highest BCUT2D eigenvalue weighted by Crippen LogP contribution is 2.31. The molecule has 94 valence electrons. The lowest BCUT2D eigenvalue weighted by atomic mass is 10.0. The maximum atomic E-state index is 10.0. The van der Waals surface area contributed by atoms with Gasteiger partial charge in [-0.1, -0.05) is 25.1 Å². The molecule has 1 atom stereocenters. The highest BCUT2D eigenvalue weighted by atomic mass is 16.5. The summed E-state index contributed by atoms with van der Waals surface area (Å²) in [7, 11) is 3.17. The minimum atomic E-state index is -0.540. The lowest BCUT2D eigenvalue weighted by Gasteiger charge is -2.14. The summed E-state index contributed by atoms with van der Waals surface area (Å²) in [5.74, 6) is 1.30. The number of aliphatic hydroxyl groups excluding tert-OH is 1. The zero-order chi connectivity index (χ0) is 12.8. The fourth-order valence-corrected chi connectivity index (χ4v) is 1.60. The van der Waals surface area contributed by atoms with E-state index in [1.807, 2.05) is 13.0 Å². The van der Waals surface area contributed by atoms with Gasteiger partial charge in [-0.2, -0.15) is 0 Å². The topological polar surface area (TPSA) is 38.7 Å². The Morgan fingerprint density at radius 2 is 1.94 bits per heavy atom. The minimum Gasteiger partial charge on any atom is -0.493 e. The van der Waals surface area contributed by atoms with Gasteiger partial charge in [0.1, 0.15) is 0 Å². The first-order valence-electron chi connectivity index (χ1n) is 5.69. The molecule has 0 aliphatic rings. The van der Waals surface area contributed by atoms with Gasteiger partial charge in [0.15, 0.2) is 11.5 Å². The fourth-order valence-electron chi connectivity index (χ4n) is 1.60. The Hall–Kier alpha value is -1.48. The van der Waals surface area contributed by atoms with E-state index in [-0.39, 0.29) is 0 Å². The molecule has 0 saturated carbocycles. The smallest absolute Gasteiger partial charge is 0.161 e. The van der Waals surface area contributed by atoms with Crippen molar-refractivity contribution in [3.8, 4) is 11.5 Å². The standard InChI is InChI=1S/C14H20O3/c1-5-10(2)8-12(15)11-6-7-13(16-3)14(9-11)17-4/h6-7,9,12,15H,2,5,8H2,1,3-4H3. The highest BCUT2D eigenvalue weighted by Gasteiger charge is 2.12. The fraction of sp³-hybridized carbons (Fsp3) is 0.429. The van der Waals surface area contributed by atoms with Crippen molar-refractivity contribution in [1.82, 2.24) is 0 Å². The molecule has 17 heavy (non-hydrogen) atoms.